The number of unbranched alkanes of at least 4 members (excludes halogenated alkanes) is 4. The predicted molar refractivity (Wildman–Crippen MR) is 82.6 cm³/mol. The standard InChI is InChI=1S/C15H23FN2S/c1-2-3-4-5-6-11-17-15(19)18-12-13-7-9-14(16)10-8-13/h7-10H,2-6,11-12H2,1H3,(H2,17,18,19). The molecule has 0 unspecified atom stereocenters. The fourth-order valence-electron chi connectivity index (χ4n) is 1.78. The van der Waals surface area contributed by atoms with Gasteiger partial charge in [-0.1, -0.05) is 44.7 Å². The summed E-state index contributed by atoms with van der Waals surface area (Å²) in [6.45, 7) is 3.76. The zero-order valence-electron chi connectivity index (χ0n) is 11.5. The second kappa shape index (κ2) is 9.73. The molecule has 0 atom stereocenters. The number of thiocarbonyl (C=S) groups is 1. The van der Waals surface area contributed by atoms with E-state index in [-0.39, 0.29) is 5.82 Å². The molecule has 106 valence electrons. The molecular formula is C15H23FN2S. The number of hydrogen-bond acceptors (Lipinski definition) is 1. The van der Waals surface area contributed by atoms with Crippen LogP contribution >= 0.6 is 12.2 Å². The normalized spacial score (nSPS) is 10.2. The Balaban J connectivity index is 2.06. The number of benzene rings is 1. The third kappa shape index (κ3) is 7.78. The highest BCUT2D eigenvalue weighted by Crippen LogP contribution is 2.02. The van der Waals surface area contributed by atoms with Crippen LogP contribution < -0.4 is 10.6 Å². The summed E-state index contributed by atoms with van der Waals surface area (Å²) in [5.74, 6) is -0.212. The van der Waals surface area contributed by atoms with Gasteiger partial charge in [0.2, 0.25) is 0 Å². The van der Waals surface area contributed by atoms with Crippen molar-refractivity contribution in [2.75, 3.05) is 6.54 Å². The van der Waals surface area contributed by atoms with Crippen molar-refractivity contribution in [1.29, 1.82) is 0 Å². The van der Waals surface area contributed by atoms with Crippen LogP contribution in [0.3, 0.4) is 0 Å². The Bertz CT molecular complexity index is 365. The lowest BCUT2D eigenvalue weighted by molar-refractivity contribution is 0.621. The quantitative estimate of drug-likeness (QED) is 0.561. The van der Waals surface area contributed by atoms with Crippen LogP contribution in [-0.2, 0) is 6.54 Å². The number of hydrogen-bond donors (Lipinski definition) is 2. The van der Waals surface area contributed by atoms with E-state index < -0.39 is 0 Å². The van der Waals surface area contributed by atoms with Crippen molar-refractivity contribution >= 4 is 17.3 Å². The summed E-state index contributed by atoms with van der Waals surface area (Å²) in [5.41, 5.74) is 1.02. The average molecular weight is 282 g/mol. The minimum Gasteiger partial charge on any atom is -0.363 e. The van der Waals surface area contributed by atoms with Crippen molar-refractivity contribution in [3.8, 4) is 0 Å². The molecule has 2 nitrogen and oxygen atoms in total. The van der Waals surface area contributed by atoms with Crippen LogP contribution in [-0.4, -0.2) is 11.7 Å². The molecule has 0 radical (unpaired) electrons. The van der Waals surface area contributed by atoms with E-state index in [0.717, 1.165) is 18.5 Å². The molecule has 19 heavy (non-hydrogen) atoms. The van der Waals surface area contributed by atoms with Crippen molar-refractivity contribution in [3.05, 3.63) is 35.6 Å². The van der Waals surface area contributed by atoms with Gasteiger partial charge in [0.05, 0.1) is 0 Å². The summed E-state index contributed by atoms with van der Waals surface area (Å²) in [6, 6.07) is 6.44. The highest BCUT2D eigenvalue weighted by molar-refractivity contribution is 7.80. The molecule has 0 fully saturated rings. The topological polar surface area (TPSA) is 24.1 Å². The Kier molecular flexibility index (Phi) is 8.14. The average Bonchev–Trinajstić information content (AvgIpc) is 2.42. The van der Waals surface area contributed by atoms with Crippen LogP contribution in [0, 0.1) is 5.82 Å². The third-order valence-corrected chi connectivity index (χ3v) is 3.22. The Labute approximate surface area is 120 Å². The molecule has 0 aromatic heterocycles. The molecule has 2 N–H and O–H groups in total. The van der Waals surface area contributed by atoms with Gasteiger partial charge in [-0.2, -0.15) is 0 Å². The maximum Gasteiger partial charge on any atom is 0.166 e. The van der Waals surface area contributed by atoms with Crippen LogP contribution in [0.25, 0.3) is 0 Å². The van der Waals surface area contributed by atoms with Crippen LogP contribution in [0.15, 0.2) is 24.3 Å². The SMILES string of the molecule is CCCCCCCNC(=S)NCc1ccc(F)cc1. The first-order valence-corrected chi connectivity index (χ1v) is 7.39. The Morgan fingerprint density at radius 2 is 1.74 bits per heavy atom. The number of rotatable bonds is 8. The van der Waals surface area contributed by atoms with E-state index in [1.807, 2.05) is 0 Å². The molecule has 0 aliphatic heterocycles. The van der Waals surface area contributed by atoms with E-state index in [0.29, 0.717) is 11.7 Å². The van der Waals surface area contributed by atoms with Gasteiger partial charge in [-0.3, -0.25) is 0 Å². The van der Waals surface area contributed by atoms with E-state index in [1.54, 1.807) is 12.1 Å². The fraction of sp³-hybridized carbons (Fsp3) is 0.533. The minimum atomic E-state index is -0.212. The molecule has 0 spiro atoms. The monoisotopic (exact) mass is 282 g/mol. The summed E-state index contributed by atoms with van der Waals surface area (Å²) in [4.78, 5) is 0. The number of nitrogens with one attached hydrogen (secondary N) is 2. The van der Waals surface area contributed by atoms with E-state index in [2.05, 4.69) is 17.6 Å². The van der Waals surface area contributed by atoms with Crippen LogP contribution in [0.4, 0.5) is 4.39 Å². The van der Waals surface area contributed by atoms with Crippen LogP contribution in [0.5, 0.6) is 0 Å². The second-order valence-corrected chi connectivity index (χ2v) is 5.06. The maximum absolute atomic E-state index is 12.7. The summed E-state index contributed by atoms with van der Waals surface area (Å²) in [5, 5.41) is 6.97. The molecule has 0 bridgehead atoms. The van der Waals surface area contributed by atoms with E-state index in [9.17, 15) is 4.39 Å². The molecule has 0 aliphatic rings. The van der Waals surface area contributed by atoms with Gasteiger partial charge >= 0.3 is 0 Å². The molecule has 1 aromatic rings. The first kappa shape index (κ1) is 15.9. The summed E-state index contributed by atoms with van der Waals surface area (Å²) < 4.78 is 12.7. The molecule has 4 heteroatoms. The van der Waals surface area contributed by atoms with Crippen LogP contribution in [0.1, 0.15) is 44.6 Å². The Hall–Kier alpha value is -1.16. The molecule has 0 aliphatic carbocycles. The summed E-state index contributed by atoms with van der Waals surface area (Å²) >= 11 is 5.18. The first-order valence-electron chi connectivity index (χ1n) is 6.98. The maximum atomic E-state index is 12.7. The van der Waals surface area contributed by atoms with Gasteiger partial charge in [-0.25, -0.2) is 4.39 Å². The molecule has 0 saturated carbocycles. The second-order valence-electron chi connectivity index (χ2n) is 4.65. The molecular weight excluding hydrogens is 259 g/mol. The van der Waals surface area contributed by atoms with Gasteiger partial charge in [0.15, 0.2) is 5.11 Å². The fourth-order valence-corrected chi connectivity index (χ4v) is 1.95. The zero-order chi connectivity index (χ0) is 13.9. The minimum absolute atomic E-state index is 0.212. The third-order valence-electron chi connectivity index (χ3n) is 2.93. The van der Waals surface area contributed by atoms with Gasteiger partial charge in [-0.15, -0.1) is 0 Å². The van der Waals surface area contributed by atoms with Crippen molar-refractivity contribution in [1.82, 2.24) is 10.6 Å². The van der Waals surface area contributed by atoms with E-state index in [1.165, 1.54) is 37.8 Å². The van der Waals surface area contributed by atoms with Crippen molar-refractivity contribution in [2.24, 2.45) is 0 Å². The highest BCUT2D eigenvalue weighted by Gasteiger charge is 1.97. The molecule has 1 rings (SSSR count). The predicted octanol–water partition coefficient (Wildman–Crippen LogP) is 3.76. The van der Waals surface area contributed by atoms with Gasteiger partial charge < -0.3 is 10.6 Å². The molecule has 0 saturated heterocycles. The Morgan fingerprint density at radius 1 is 1.05 bits per heavy atom. The summed E-state index contributed by atoms with van der Waals surface area (Å²) in [6.07, 6.45) is 6.28. The molecule has 0 amide bonds. The van der Waals surface area contributed by atoms with E-state index in [4.69, 9.17) is 12.2 Å². The number of halogens is 1. The highest BCUT2D eigenvalue weighted by atomic mass is 32.1. The van der Waals surface area contributed by atoms with Gasteiger partial charge in [0.1, 0.15) is 5.82 Å². The lowest BCUT2D eigenvalue weighted by Gasteiger charge is -2.10. The van der Waals surface area contributed by atoms with Crippen molar-refractivity contribution in [2.45, 2.75) is 45.6 Å². The first-order chi connectivity index (χ1) is 9.22. The smallest absolute Gasteiger partial charge is 0.166 e. The van der Waals surface area contributed by atoms with Gasteiger partial charge in [0.25, 0.3) is 0 Å². The Morgan fingerprint density at radius 3 is 2.42 bits per heavy atom. The molecule has 1 aromatic carbocycles. The largest absolute Gasteiger partial charge is 0.363 e. The van der Waals surface area contributed by atoms with Gasteiger partial charge in [-0.05, 0) is 36.3 Å². The van der Waals surface area contributed by atoms with Crippen LogP contribution in [0.2, 0.25) is 0 Å². The lowest BCUT2D eigenvalue weighted by atomic mass is 10.1. The zero-order valence-corrected chi connectivity index (χ0v) is 12.4. The van der Waals surface area contributed by atoms with Gasteiger partial charge in [0, 0.05) is 13.1 Å². The van der Waals surface area contributed by atoms with Crippen molar-refractivity contribution < 1.29 is 4.39 Å². The van der Waals surface area contributed by atoms with E-state index >= 15 is 0 Å². The molecule has 0 heterocycles. The van der Waals surface area contributed by atoms with Crippen molar-refractivity contribution in [3.63, 3.8) is 0 Å². The summed E-state index contributed by atoms with van der Waals surface area (Å²) in [7, 11) is 0. The lowest BCUT2D eigenvalue weighted by Crippen LogP contribution is -2.35.